The highest BCUT2D eigenvalue weighted by molar-refractivity contribution is 7.98. The summed E-state index contributed by atoms with van der Waals surface area (Å²) in [7, 11) is 0. The van der Waals surface area contributed by atoms with Crippen LogP contribution >= 0.6 is 11.8 Å². The fourth-order valence-corrected chi connectivity index (χ4v) is 3.31. The Kier molecular flexibility index (Phi) is 6.03. The molecule has 0 saturated heterocycles. The Morgan fingerprint density at radius 2 is 1.81 bits per heavy atom. The van der Waals surface area contributed by atoms with Gasteiger partial charge in [0.05, 0.1) is 6.21 Å². The summed E-state index contributed by atoms with van der Waals surface area (Å²) < 4.78 is 5.35. The van der Waals surface area contributed by atoms with E-state index in [2.05, 4.69) is 20.5 Å². The highest BCUT2D eigenvalue weighted by Gasteiger charge is 2.06. The molecule has 7 heteroatoms. The summed E-state index contributed by atoms with van der Waals surface area (Å²) in [4.78, 5) is 21.0. The average Bonchev–Trinajstić information content (AvgIpc) is 3.05. The molecule has 2 aromatic heterocycles. The van der Waals surface area contributed by atoms with Crippen LogP contribution in [0.3, 0.4) is 0 Å². The highest BCUT2D eigenvalue weighted by Crippen LogP contribution is 2.20. The lowest BCUT2D eigenvalue weighted by atomic mass is 10.1. The van der Waals surface area contributed by atoms with Gasteiger partial charge in [-0.25, -0.2) is 15.4 Å². The summed E-state index contributed by atoms with van der Waals surface area (Å²) in [5.74, 6) is 1.85. The lowest BCUT2D eigenvalue weighted by Crippen LogP contribution is -2.17. The van der Waals surface area contributed by atoms with Crippen molar-refractivity contribution in [1.82, 2.24) is 15.4 Å². The third-order valence-corrected chi connectivity index (χ3v) is 4.58. The molecule has 138 valence electrons. The van der Waals surface area contributed by atoms with Crippen LogP contribution in [0.2, 0.25) is 0 Å². The van der Waals surface area contributed by atoms with Gasteiger partial charge in [-0.15, -0.1) is 0 Å². The van der Waals surface area contributed by atoms with Crippen LogP contribution in [-0.4, -0.2) is 22.1 Å². The van der Waals surface area contributed by atoms with E-state index in [-0.39, 0.29) is 5.91 Å². The van der Waals surface area contributed by atoms with E-state index in [0.29, 0.717) is 11.3 Å². The van der Waals surface area contributed by atoms with Gasteiger partial charge in [0.1, 0.15) is 11.5 Å². The number of carbonyl (C=O) groups excluding carboxylic acids is 1. The second kappa shape index (κ2) is 8.64. The van der Waals surface area contributed by atoms with Crippen LogP contribution in [0.5, 0.6) is 0 Å². The smallest absolute Gasteiger partial charge is 0.271 e. The van der Waals surface area contributed by atoms with Gasteiger partial charge >= 0.3 is 0 Å². The molecule has 0 fully saturated rings. The molecule has 27 heavy (non-hydrogen) atoms. The lowest BCUT2D eigenvalue weighted by Gasteiger charge is -2.04. The van der Waals surface area contributed by atoms with E-state index in [4.69, 9.17) is 4.42 Å². The topological polar surface area (TPSA) is 80.4 Å². The van der Waals surface area contributed by atoms with Crippen molar-refractivity contribution in [2.45, 2.75) is 31.7 Å². The van der Waals surface area contributed by atoms with Crippen LogP contribution in [0.4, 0.5) is 0 Å². The SMILES string of the molecule is Cc1cc(C)nc(SCc2ccc(C(=O)N/N=C\c3ccc(C)o3)cc2)n1. The Morgan fingerprint density at radius 3 is 2.44 bits per heavy atom. The van der Waals surface area contributed by atoms with Gasteiger partial charge in [-0.2, -0.15) is 5.10 Å². The third kappa shape index (κ3) is 5.52. The number of furan rings is 1. The van der Waals surface area contributed by atoms with E-state index in [0.717, 1.165) is 33.6 Å². The molecule has 6 nitrogen and oxygen atoms in total. The quantitative estimate of drug-likeness (QED) is 0.302. The predicted octanol–water partition coefficient (Wildman–Crippen LogP) is 4.05. The van der Waals surface area contributed by atoms with Crippen LogP contribution < -0.4 is 5.43 Å². The molecule has 0 saturated carbocycles. The first-order chi connectivity index (χ1) is 13.0. The standard InChI is InChI=1S/C20H20N4O2S/c1-13-10-14(2)23-20(22-13)27-12-16-5-7-17(8-6-16)19(25)24-21-11-18-9-4-15(3)26-18/h4-11H,12H2,1-3H3,(H,24,25)/b21-11-. The average molecular weight is 380 g/mol. The second-order valence-electron chi connectivity index (χ2n) is 6.07. The Labute approximate surface area is 162 Å². The number of hydrazone groups is 1. The van der Waals surface area contributed by atoms with Crippen LogP contribution in [-0.2, 0) is 5.75 Å². The molecule has 3 aromatic rings. The normalized spacial score (nSPS) is 11.1. The minimum atomic E-state index is -0.272. The first-order valence-electron chi connectivity index (χ1n) is 8.43. The minimum Gasteiger partial charge on any atom is -0.460 e. The summed E-state index contributed by atoms with van der Waals surface area (Å²) in [6.07, 6.45) is 1.47. The van der Waals surface area contributed by atoms with Gasteiger partial charge in [0.25, 0.3) is 5.91 Å². The molecule has 0 radical (unpaired) electrons. The lowest BCUT2D eigenvalue weighted by molar-refractivity contribution is 0.0955. The van der Waals surface area contributed by atoms with Crippen molar-refractivity contribution in [3.63, 3.8) is 0 Å². The van der Waals surface area contributed by atoms with Gasteiger partial charge in [0, 0.05) is 22.7 Å². The molecule has 0 bridgehead atoms. The number of aromatic nitrogens is 2. The number of amides is 1. The molecule has 0 aliphatic rings. The molecule has 0 unspecified atom stereocenters. The number of hydrogen-bond acceptors (Lipinski definition) is 6. The van der Waals surface area contributed by atoms with Gasteiger partial charge in [-0.3, -0.25) is 4.79 Å². The van der Waals surface area contributed by atoms with E-state index in [1.165, 1.54) is 6.21 Å². The maximum Gasteiger partial charge on any atom is 0.271 e. The fourth-order valence-electron chi connectivity index (χ4n) is 2.40. The summed E-state index contributed by atoms with van der Waals surface area (Å²) in [5.41, 5.74) is 6.05. The van der Waals surface area contributed by atoms with Crippen LogP contribution in [0.15, 0.2) is 57.1 Å². The molecular formula is C20H20N4O2S. The van der Waals surface area contributed by atoms with Gasteiger partial charge in [-0.1, -0.05) is 23.9 Å². The van der Waals surface area contributed by atoms with Crippen LogP contribution in [0.25, 0.3) is 0 Å². The van der Waals surface area contributed by atoms with Crippen molar-refractivity contribution in [1.29, 1.82) is 0 Å². The Hall–Kier alpha value is -2.93. The van der Waals surface area contributed by atoms with E-state index >= 15 is 0 Å². The molecule has 1 N–H and O–H groups in total. The monoisotopic (exact) mass is 380 g/mol. The number of carbonyl (C=O) groups is 1. The zero-order valence-corrected chi connectivity index (χ0v) is 16.2. The molecule has 0 aliphatic carbocycles. The van der Waals surface area contributed by atoms with Crippen molar-refractivity contribution in [2.24, 2.45) is 5.10 Å². The molecule has 0 atom stereocenters. The Bertz CT molecular complexity index is 944. The first-order valence-corrected chi connectivity index (χ1v) is 9.42. The second-order valence-corrected chi connectivity index (χ2v) is 7.01. The van der Waals surface area contributed by atoms with Crippen LogP contribution in [0, 0.1) is 20.8 Å². The number of benzene rings is 1. The minimum absolute atomic E-state index is 0.272. The number of nitrogens with one attached hydrogen (secondary N) is 1. The number of rotatable bonds is 6. The maximum absolute atomic E-state index is 12.1. The van der Waals surface area contributed by atoms with E-state index in [1.54, 1.807) is 30.0 Å². The molecule has 1 aromatic carbocycles. The van der Waals surface area contributed by atoms with Crippen molar-refractivity contribution >= 4 is 23.9 Å². The number of hydrogen-bond donors (Lipinski definition) is 1. The molecule has 1 amide bonds. The Balaban J connectivity index is 1.54. The predicted molar refractivity (Wildman–Crippen MR) is 106 cm³/mol. The first kappa shape index (κ1) is 18.8. The molecule has 2 heterocycles. The van der Waals surface area contributed by atoms with Gasteiger partial charge in [0.2, 0.25) is 0 Å². The van der Waals surface area contributed by atoms with E-state index in [1.807, 2.05) is 45.0 Å². The number of nitrogens with zero attached hydrogens (tertiary/aromatic N) is 3. The van der Waals surface area contributed by atoms with E-state index < -0.39 is 0 Å². The van der Waals surface area contributed by atoms with Gasteiger partial charge < -0.3 is 4.42 Å². The maximum atomic E-state index is 12.1. The highest BCUT2D eigenvalue weighted by atomic mass is 32.2. The van der Waals surface area contributed by atoms with Gasteiger partial charge in [0.15, 0.2) is 5.16 Å². The third-order valence-electron chi connectivity index (χ3n) is 3.66. The van der Waals surface area contributed by atoms with Crippen molar-refractivity contribution in [3.8, 4) is 0 Å². The molecule has 3 rings (SSSR count). The van der Waals surface area contributed by atoms with Crippen molar-refractivity contribution in [3.05, 3.63) is 76.5 Å². The largest absolute Gasteiger partial charge is 0.460 e. The summed E-state index contributed by atoms with van der Waals surface area (Å²) in [6, 6.07) is 13.0. The molecule has 0 spiro atoms. The summed E-state index contributed by atoms with van der Waals surface area (Å²) >= 11 is 1.57. The number of thioether (sulfide) groups is 1. The molecule has 0 aliphatic heterocycles. The molecular weight excluding hydrogens is 360 g/mol. The number of aryl methyl sites for hydroxylation is 3. The van der Waals surface area contributed by atoms with Gasteiger partial charge in [-0.05, 0) is 56.7 Å². The fraction of sp³-hybridized carbons (Fsp3) is 0.200. The van der Waals surface area contributed by atoms with Crippen molar-refractivity contribution in [2.75, 3.05) is 0 Å². The summed E-state index contributed by atoms with van der Waals surface area (Å²) in [5, 5.41) is 4.67. The Morgan fingerprint density at radius 1 is 1.11 bits per heavy atom. The van der Waals surface area contributed by atoms with E-state index in [9.17, 15) is 4.79 Å². The zero-order valence-electron chi connectivity index (χ0n) is 15.4. The zero-order chi connectivity index (χ0) is 19.2. The van der Waals surface area contributed by atoms with Crippen LogP contribution in [0.1, 0.15) is 38.8 Å². The van der Waals surface area contributed by atoms with Crippen molar-refractivity contribution < 1.29 is 9.21 Å². The summed E-state index contributed by atoms with van der Waals surface area (Å²) in [6.45, 7) is 5.77.